The molecule has 2 rings (SSSR count). The van der Waals surface area contributed by atoms with E-state index in [1.807, 2.05) is 0 Å². The maximum atomic E-state index is 10.8. The molecule has 1 fully saturated rings. The Morgan fingerprint density at radius 2 is 2.19 bits per heavy atom. The zero-order chi connectivity index (χ0) is 15.2. The predicted octanol–water partition coefficient (Wildman–Crippen LogP) is 2.40. The summed E-state index contributed by atoms with van der Waals surface area (Å²) in [4.78, 5) is 15.3. The maximum Gasteiger partial charge on any atom is 0.404 e. The average Bonchev–Trinajstić information content (AvgIpc) is 2.47. The van der Waals surface area contributed by atoms with Crippen LogP contribution in [0.3, 0.4) is 0 Å². The van der Waals surface area contributed by atoms with Gasteiger partial charge in [0, 0.05) is 11.8 Å². The van der Waals surface area contributed by atoms with Crippen LogP contribution in [-0.4, -0.2) is 41.7 Å². The Balaban J connectivity index is 2.12. The number of carboxylic acid groups (broad SMARTS) is 1. The van der Waals surface area contributed by atoms with E-state index in [2.05, 4.69) is 10.3 Å². The fraction of sp³-hybridized carbons (Fsp3) is 0.467. The van der Waals surface area contributed by atoms with Gasteiger partial charge in [-0.15, -0.1) is 0 Å². The van der Waals surface area contributed by atoms with Gasteiger partial charge in [-0.1, -0.05) is 12.8 Å². The minimum absolute atomic E-state index is 0.0968. The number of hydrogen-bond acceptors (Lipinski definition) is 4. The second-order valence-corrected chi connectivity index (χ2v) is 5.11. The molecule has 1 aromatic carbocycles. The molecule has 0 saturated heterocycles. The number of amides is 1. The van der Waals surface area contributed by atoms with Gasteiger partial charge in [-0.25, -0.2) is 4.79 Å². The molecule has 1 saturated carbocycles. The summed E-state index contributed by atoms with van der Waals surface area (Å²) >= 11 is 0. The maximum absolute atomic E-state index is 10.8. The Morgan fingerprint density at radius 3 is 2.90 bits per heavy atom. The number of hydrogen-bond donors (Lipinski definition) is 3. The molecule has 0 radical (unpaired) electrons. The van der Waals surface area contributed by atoms with Crippen molar-refractivity contribution in [1.82, 2.24) is 5.32 Å². The fourth-order valence-electron chi connectivity index (χ4n) is 2.56. The average molecular weight is 292 g/mol. The molecule has 1 aliphatic carbocycles. The summed E-state index contributed by atoms with van der Waals surface area (Å²) in [6.07, 6.45) is 4.23. The fourth-order valence-corrected chi connectivity index (χ4v) is 2.56. The quantitative estimate of drug-likeness (QED) is 0.743. The number of aliphatic imine (C=N–C) groups is 1. The van der Waals surface area contributed by atoms with E-state index in [4.69, 9.17) is 9.84 Å². The van der Waals surface area contributed by atoms with Gasteiger partial charge >= 0.3 is 6.09 Å². The Morgan fingerprint density at radius 1 is 1.43 bits per heavy atom. The summed E-state index contributed by atoms with van der Waals surface area (Å²) in [6, 6.07) is 4.65. The first-order chi connectivity index (χ1) is 10.1. The van der Waals surface area contributed by atoms with Crippen LogP contribution in [0.25, 0.3) is 0 Å². The van der Waals surface area contributed by atoms with Crippen molar-refractivity contribution in [3.05, 3.63) is 23.8 Å². The number of carbonyl (C=O) groups is 1. The minimum atomic E-state index is -1.02. The van der Waals surface area contributed by atoms with Gasteiger partial charge in [-0.05, 0) is 31.0 Å². The first-order valence-corrected chi connectivity index (χ1v) is 7.00. The van der Waals surface area contributed by atoms with E-state index in [0.717, 1.165) is 25.7 Å². The molecule has 6 heteroatoms. The molecule has 21 heavy (non-hydrogen) atoms. The molecule has 1 amide bonds. The summed E-state index contributed by atoms with van der Waals surface area (Å²) in [5.74, 6) is 0.760. The molecule has 0 heterocycles. The highest BCUT2D eigenvalue weighted by Crippen LogP contribution is 2.24. The normalized spacial score (nSPS) is 22.1. The van der Waals surface area contributed by atoms with E-state index in [-0.39, 0.29) is 17.8 Å². The zero-order valence-electron chi connectivity index (χ0n) is 12.0. The highest BCUT2D eigenvalue weighted by Gasteiger charge is 2.25. The second kappa shape index (κ2) is 6.97. The van der Waals surface area contributed by atoms with Crippen LogP contribution in [-0.2, 0) is 0 Å². The van der Waals surface area contributed by atoms with Crippen LogP contribution >= 0.6 is 0 Å². The van der Waals surface area contributed by atoms with E-state index in [1.165, 1.54) is 0 Å². The summed E-state index contributed by atoms with van der Waals surface area (Å²) in [5, 5.41) is 21.2. The topological polar surface area (TPSA) is 91.2 Å². The SMILES string of the molecule is COc1ccc(O)c(/C=N/C2CCCCC2NC(=O)O)c1. The number of rotatable bonds is 4. The van der Waals surface area contributed by atoms with Crippen LogP contribution in [0.2, 0.25) is 0 Å². The van der Waals surface area contributed by atoms with Gasteiger partial charge in [0.05, 0.1) is 19.2 Å². The monoisotopic (exact) mass is 292 g/mol. The third-order valence-electron chi connectivity index (χ3n) is 3.68. The third-order valence-corrected chi connectivity index (χ3v) is 3.68. The molecule has 1 aliphatic rings. The highest BCUT2D eigenvalue weighted by molar-refractivity contribution is 5.84. The molecular weight excluding hydrogens is 272 g/mol. The minimum Gasteiger partial charge on any atom is -0.507 e. The van der Waals surface area contributed by atoms with Crippen LogP contribution < -0.4 is 10.1 Å². The van der Waals surface area contributed by atoms with E-state index in [0.29, 0.717) is 11.3 Å². The number of phenols is 1. The van der Waals surface area contributed by atoms with Gasteiger partial charge in [0.25, 0.3) is 0 Å². The van der Waals surface area contributed by atoms with Crippen LogP contribution in [0.5, 0.6) is 11.5 Å². The van der Waals surface area contributed by atoms with Crippen LogP contribution in [0.15, 0.2) is 23.2 Å². The lowest BCUT2D eigenvalue weighted by molar-refractivity contribution is 0.183. The lowest BCUT2D eigenvalue weighted by Gasteiger charge is -2.28. The van der Waals surface area contributed by atoms with E-state index in [9.17, 15) is 9.90 Å². The number of nitrogens with zero attached hydrogens (tertiary/aromatic N) is 1. The molecule has 0 bridgehead atoms. The Hall–Kier alpha value is -2.24. The molecule has 2 atom stereocenters. The molecule has 114 valence electrons. The third kappa shape index (κ3) is 4.11. The number of aromatic hydroxyl groups is 1. The van der Waals surface area contributed by atoms with Crippen LogP contribution in [0.4, 0.5) is 4.79 Å². The van der Waals surface area contributed by atoms with Gasteiger partial charge in [0.15, 0.2) is 0 Å². The van der Waals surface area contributed by atoms with Crippen molar-refractivity contribution in [2.45, 2.75) is 37.8 Å². The number of phenolic OH excluding ortho intramolecular Hbond substituents is 1. The summed E-state index contributed by atoms with van der Waals surface area (Å²) in [5.41, 5.74) is 0.564. The summed E-state index contributed by atoms with van der Waals surface area (Å²) in [7, 11) is 1.56. The standard InChI is InChI=1S/C15H20N2O4/c1-21-11-6-7-14(18)10(8-11)9-16-12-4-2-3-5-13(12)17-15(19)20/h6-9,12-13,17-18H,2-5H2,1H3,(H,19,20)/b16-9+. The highest BCUT2D eigenvalue weighted by atomic mass is 16.5. The summed E-state index contributed by atoms with van der Waals surface area (Å²) in [6.45, 7) is 0. The van der Waals surface area contributed by atoms with Gasteiger partial charge in [-0.3, -0.25) is 4.99 Å². The molecule has 1 aromatic rings. The Labute approximate surface area is 123 Å². The van der Waals surface area contributed by atoms with Crippen molar-refractivity contribution >= 4 is 12.3 Å². The number of nitrogens with one attached hydrogen (secondary N) is 1. The molecule has 3 N–H and O–H groups in total. The van der Waals surface area contributed by atoms with Crippen molar-refractivity contribution < 1.29 is 19.7 Å². The van der Waals surface area contributed by atoms with Crippen molar-refractivity contribution in [2.24, 2.45) is 4.99 Å². The predicted molar refractivity (Wildman–Crippen MR) is 79.5 cm³/mol. The number of methoxy groups -OCH3 is 1. The van der Waals surface area contributed by atoms with Crippen LogP contribution in [0.1, 0.15) is 31.2 Å². The lowest BCUT2D eigenvalue weighted by atomic mass is 9.91. The van der Waals surface area contributed by atoms with Gasteiger partial charge < -0.3 is 20.3 Å². The van der Waals surface area contributed by atoms with Crippen molar-refractivity contribution in [3.63, 3.8) is 0 Å². The Kier molecular flexibility index (Phi) is 5.03. The molecular formula is C15H20N2O4. The lowest BCUT2D eigenvalue weighted by Crippen LogP contribution is -2.43. The van der Waals surface area contributed by atoms with Crippen molar-refractivity contribution in [2.75, 3.05) is 7.11 Å². The zero-order valence-corrected chi connectivity index (χ0v) is 12.0. The van der Waals surface area contributed by atoms with Crippen molar-refractivity contribution in [3.8, 4) is 11.5 Å². The smallest absolute Gasteiger partial charge is 0.404 e. The molecule has 6 nitrogen and oxygen atoms in total. The molecule has 0 aromatic heterocycles. The van der Waals surface area contributed by atoms with Crippen molar-refractivity contribution in [1.29, 1.82) is 0 Å². The second-order valence-electron chi connectivity index (χ2n) is 5.11. The first kappa shape index (κ1) is 15.2. The first-order valence-electron chi connectivity index (χ1n) is 7.00. The van der Waals surface area contributed by atoms with Gasteiger partial charge in [0.1, 0.15) is 11.5 Å². The number of ether oxygens (including phenoxy) is 1. The van der Waals surface area contributed by atoms with E-state index in [1.54, 1.807) is 31.5 Å². The Bertz CT molecular complexity index is 530. The number of benzene rings is 1. The molecule has 0 aliphatic heterocycles. The van der Waals surface area contributed by atoms with Gasteiger partial charge in [-0.2, -0.15) is 0 Å². The summed E-state index contributed by atoms with van der Waals surface area (Å²) < 4.78 is 5.11. The van der Waals surface area contributed by atoms with Gasteiger partial charge in [0.2, 0.25) is 0 Å². The molecule has 2 unspecified atom stereocenters. The van der Waals surface area contributed by atoms with E-state index < -0.39 is 6.09 Å². The van der Waals surface area contributed by atoms with E-state index >= 15 is 0 Å². The van der Waals surface area contributed by atoms with Crippen LogP contribution in [0, 0.1) is 0 Å². The largest absolute Gasteiger partial charge is 0.507 e. The molecule has 0 spiro atoms.